The summed E-state index contributed by atoms with van der Waals surface area (Å²) in [7, 11) is 0. The second kappa shape index (κ2) is 6.74. The molecule has 0 saturated carbocycles. The van der Waals surface area contributed by atoms with Crippen molar-refractivity contribution in [2.45, 2.75) is 19.3 Å². The van der Waals surface area contributed by atoms with E-state index < -0.39 is 23.3 Å². The van der Waals surface area contributed by atoms with Crippen LogP contribution in [0, 0.1) is 28.9 Å². The average molecular weight is 353 g/mol. The molecule has 0 radical (unpaired) electrons. The van der Waals surface area contributed by atoms with Gasteiger partial charge in [-0.05, 0) is 25.0 Å². The van der Waals surface area contributed by atoms with E-state index in [9.17, 15) is 28.1 Å². The standard InChI is InChI=1S/C15H10F3N3O4/c1-8-6-11-10(7-12(8)21(23)24)9(4-5-20-11)2-3-13(19)25-14(22)15(16,17)18/h4-7,13H,19H2,1H3. The van der Waals surface area contributed by atoms with Crippen molar-refractivity contribution in [3.05, 3.63) is 45.6 Å². The third-order valence-corrected chi connectivity index (χ3v) is 3.07. The van der Waals surface area contributed by atoms with Gasteiger partial charge in [0.25, 0.3) is 5.69 Å². The first-order valence-electron chi connectivity index (χ1n) is 6.68. The third-order valence-electron chi connectivity index (χ3n) is 3.07. The van der Waals surface area contributed by atoms with E-state index in [1.165, 1.54) is 24.4 Å². The van der Waals surface area contributed by atoms with E-state index in [0.29, 0.717) is 16.5 Å². The lowest BCUT2D eigenvalue weighted by Crippen LogP contribution is -2.33. The molecule has 0 aliphatic carbocycles. The number of ether oxygens (including phenoxy) is 1. The number of carbonyl (C=O) groups is 1. The predicted octanol–water partition coefficient (Wildman–Crippen LogP) is 2.19. The van der Waals surface area contributed by atoms with Crippen molar-refractivity contribution in [1.82, 2.24) is 4.98 Å². The fourth-order valence-corrected chi connectivity index (χ4v) is 1.95. The van der Waals surface area contributed by atoms with Crippen LogP contribution in [0.2, 0.25) is 0 Å². The van der Waals surface area contributed by atoms with Crippen LogP contribution in [-0.4, -0.2) is 28.3 Å². The number of halogens is 3. The Kier molecular flexibility index (Phi) is 4.89. The van der Waals surface area contributed by atoms with Crippen molar-refractivity contribution < 1.29 is 27.6 Å². The first kappa shape index (κ1) is 18.2. The molecule has 1 atom stereocenters. The van der Waals surface area contributed by atoms with Crippen molar-refractivity contribution in [3.8, 4) is 11.8 Å². The molecule has 130 valence electrons. The molecule has 0 aliphatic rings. The van der Waals surface area contributed by atoms with Gasteiger partial charge in [-0.3, -0.25) is 20.8 Å². The molecule has 7 nitrogen and oxygen atoms in total. The third kappa shape index (κ3) is 4.21. The molecular formula is C15H10F3N3O4. The number of esters is 1. The monoisotopic (exact) mass is 353 g/mol. The van der Waals surface area contributed by atoms with Crippen LogP contribution in [0.3, 0.4) is 0 Å². The highest BCUT2D eigenvalue weighted by molar-refractivity contribution is 5.88. The molecule has 10 heteroatoms. The van der Waals surface area contributed by atoms with Crippen LogP contribution in [0.15, 0.2) is 24.4 Å². The van der Waals surface area contributed by atoms with E-state index in [1.807, 2.05) is 0 Å². The molecule has 0 fully saturated rings. The molecule has 25 heavy (non-hydrogen) atoms. The first-order valence-corrected chi connectivity index (χ1v) is 6.68. The topological polar surface area (TPSA) is 108 Å². The van der Waals surface area contributed by atoms with Crippen LogP contribution in [0.4, 0.5) is 18.9 Å². The molecular weight excluding hydrogens is 343 g/mol. The van der Waals surface area contributed by atoms with E-state index >= 15 is 0 Å². The van der Waals surface area contributed by atoms with Crippen molar-refractivity contribution >= 4 is 22.6 Å². The van der Waals surface area contributed by atoms with Gasteiger partial charge in [0.1, 0.15) is 0 Å². The molecule has 1 aromatic carbocycles. The Morgan fingerprint density at radius 3 is 2.72 bits per heavy atom. The Balaban J connectivity index is 2.38. The summed E-state index contributed by atoms with van der Waals surface area (Å²) < 4.78 is 40.2. The minimum Gasteiger partial charge on any atom is -0.429 e. The number of nitrogens with zero attached hydrogens (tertiary/aromatic N) is 2. The number of nitrogens with two attached hydrogens (primary N) is 1. The van der Waals surface area contributed by atoms with E-state index in [2.05, 4.69) is 21.6 Å². The highest BCUT2D eigenvalue weighted by Crippen LogP contribution is 2.26. The van der Waals surface area contributed by atoms with Crippen LogP contribution in [0.5, 0.6) is 0 Å². The van der Waals surface area contributed by atoms with Gasteiger partial charge in [0, 0.05) is 28.8 Å². The lowest BCUT2D eigenvalue weighted by atomic mass is 10.1. The van der Waals surface area contributed by atoms with Crippen molar-refractivity contribution in [2.75, 3.05) is 0 Å². The SMILES string of the molecule is Cc1cc2nccc(C#CC(N)OC(=O)C(F)(F)F)c2cc1[N+](=O)[O-]. The van der Waals surface area contributed by atoms with Crippen molar-refractivity contribution in [2.24, 2.45) is 5.73 Å². The minimum absolute atomic E-state index is 0.156. The number of fused-ring (bicyclic) bond motifs is 1. The van der Waals surface area contributed by atoms with Crippen LogP contribution in [-0.2, 0) is 9.53 Å². The van der Waals surface area contributed by atoms with Gasteiger partial charge in [0.15, 0.2) is 0 Å². The number of pyridine rings is 1. The number of rotatable bonds is 2. The van der Waals surface area contributed by atoms with E-state index in [1.54, 1.807) is 6.92 Å². The number of aromatic nitrogens is 1. The van der Waals surface area contributed by atoms with Gasteiger partial charge in [0.2, 0.25) is 6.23 Å². The smallest absolute Gasteiger partial charge is 0.429 e. The maximum atomic E-state index is 12.1. The summed E-state index contributed by atoms with van der Waals surface area (Å²) in [6.07, 6.45) is -5.61. The zero-order valence-corrected chi connectivity index (χ0v) is 12.6. The number of alkyl halides is 3. The van der Waals surface area contributed by atoms with Gasteiger partial charge < -0.3 is 4.74 Å². The Morgan fingerprint density at radius 2 is 2.12 bits per heavy atom. The lowest BCUT2D eigenvalue weighted by molar-refractivity contribution is -0.385. The second-order valence-electron chi connectivity index (χ2n) is 4.86. The predicted molar refractivity (Wildman–Crippen MR) is 80.1 cm³/mol. The van der Waals surface area contributed by atoms with Crippen molar-refractivity contribution in [1.29, 1.82) is 0 Å². The summed E-state index contributed by atoms with van der Waals surface area (Å²) in [4.78, 5) is 25.2. The van der Waals surface area contributed by atoms with Gasteiger partial charge in [-0.1, -0.05) is 5.92 Å². The fraction of sp³-hybridized carbons (Fsp3) is 0.200. The Bertz CT molecular complexity index is 916. The van der Waals surface area contributed by atoms with Crippen LogP contribution in [0.25, 0.3) is 10.9 Å². The quantitative estimate of drug-likeness (QED) is 0.291. The second-order valence-corrected chi connectivity index (χ2v) is 4.86. The molecule has 2 aromatic rings. The maximum Gasteiger partial charge on any atom is 0.491 e. The number of carbonyl (C=O) groups excluding carboxylic acids is 1. The first-order chi connectivity index (χ1) is 11.6. The van der Waals surface area contributed by atoms with Crippen LogP contribution >= 0.6 is 0 Å². The van der Waals surface area contributed by atoms with Gasteiger partial charge in [-0.2, -0.15) is 13.2 Å². The van der Waals surface area contributed by atoms with Crippen LogP contribution in [0.1, 0.15) is 11.1 Å². The molecule has 1 unspecified atom stereocenters. The molecule has 0 amide bonds. The number of aryl methyl sites for hydroxylation is 1. The minimum atomic E-state index is -5.18. The Morgan fingerprint density at radius 1 is 1.44 bits per heavy atom. The largest absolute Gasteiger partial charge is 0.491 e. The Labute approximate surface area is 138 Å². The van der Waals surface area contributed by atoms with Gasteiger partial charge >= 0.3 is 12.1 Å². The summed E-state index contributed by atoms with van der Waals surface area (Å²) in [5.41, 5.74) is 6.12. The van der Waals surface area contributed by atoms with Gasteiger partial charge in [-0.25, -0.2) is 4.79 Å². The van der Waals surface area contributed by atoms with E-state index in [0.717, 1.165) is 0 Å². The number of nitro groups is 1. The lowest BCUT2D eigenvalue weighted by Gasteiger charge is -2.09. The number of benzene rings is 1. The molecule has 1 heterocycles. The fourth-order valence-electron chi connectivity index (χ4n) is 1.95. The molecule has 0 saturated heterocycles. The molecule has 0 spiro atoms. The normalized spacial score (nSPS) is 12.2. The van der Waals surface area contributed by atoms with E-state index in [-0.39, 0.29) is 11.3 Å². The Hall–Kier alpha value is -3.19. The summed E-state index contributed by atoms with van der Waals surface area (Å²) in [5.74, 6) is 2.13. The average Bonchev–Trinajstić information content (AvgIpc) is 2.50. The zero-order chi connectivity index (χ0) is 18.8. The summed E-state index contributed by atoms with van der Waals surface area (Å²) >= 11 is 0. The summed E-state index contributed by atoms with van der Waals surface area (Å²) in [6.45, 7) is 1.55. The number of hydrogen-bond donors (Lipinski definition) is 1. The van der Waals surface area contributed by atoms with E-state index in [4.69, 9.17) is 5.73 Å². The van der Waals surface area contributed by atoms with Gasteiger partial charge in [-0.15, -0.1) is 0 Å². The number of hydrogen-bond acceptors (Lipinski definition) is 6. The maximum absolute atomic E-state index is 12.1. The van der Waals surface area contributed by atoms with Crippen LogP contribution < -0.4 is 5.73 Å². The molecule has 1 aromatic heterocycles. The highest BCUT2D eigenvalue weighted by Gasteiger charge is 2.41. The zero-order valence-electron chi connectivity index (χ0n) is 12.6. The molecule has 2 N–H and O–H groups in total. The van der Waals surface area contributed by atoms with Gasteiger partial charge in [0.05, 0.1) is 10.4 Å². The van der Waals surface area contributed by atoms with Crippen molar-refractivity contribution in [3.63, 3.8) is 0 Å². The number of nitro benzene ring substituents is 1. The molecule has 0 aliphatic heterocycles. The highest BCUT2D eigenvalue weighted by atomic mass is 19.4. The summed E-state index contributed by atoms with van der Waals surface area (Å²) in [6, 6.07) is 4.16. The molecule has 0 bridgehead atoms. The summed E-state index contributed by atoms with van der Waals surface area (Å²) in [5, 5.41) is 11.3. The molecule has 2 rings (SSSR count).